The number of allylic oxidation sites excluding steroid dienone is 9. The quantitative estimate of drug-likeness (QED) is 0.0600. The van der Waals surface area contributed by atoms with Crippen LogP contribution in [0.15, 0.2) is 95.4 Å². The van der Waals surface area contributed by atoms with Crippen LogP contribution in [0.4, 0.5) is 0 Å². The van der Waals surface area contributed by atoms with E-state index in [0.717, 1.165) is 6.26 Å². The van der Waals surface area contributed by atoms with Crippen LogP contribution in [0.3, 0.4) is 0 Å². The van der Waals surface area contributed by atoms with Crippen LogP contribution in [0.5, 0.6) is 0 Å². The number of aliphatic hydroxyl groups is 1. The number of aliphatic hydroxyl groups excluding tert-OH is 1. The predicted octanol–water partition coefficient (Wildman–Crippen LogP) is 3.75. The molecule has 14 nitrogen and oxygen atoms in total. The van der Waals surface area contributed by atoms with Crippen LogP contribution >= 0.6 is 0 Å². The molecule has 2 saturated heterocycles. The van der Waals surface area contributed by atoms with Gasteiger partial charge in [-0.2, -0.15) is 0 Å². The first-order chi connectivity index (χ1) is 23.5. The van der Waals surface area contributed by atoms with Crippen molar-refractivity contribution in [3.8, 4) is 0 Å². The Morgan fingerprint density at radius 3 is 1.61 bits per heavy atom. The first-order valence-electron chi connectivity index (χ1n) is 15.5. The Bertz CT molecular complexity index is 1660. The van der Waals surface area contributed by atoms with Crippen LogP contribution in [0.25, 0.3) is 0 Å². The summed E-state index contributed by atoms with van der Waals surface area (Å²) in [4.78, 5) is 73.4. The average Bonchev–Trinajstić information content (AvgIpc) is 3.05. The summed E-state index contributed by atoms with van der Waals surface area (Å²) >= 11 is 0. The van der Waals surface area contributed by atoms with Crippen molar-refractivity contribution < 1.29 is 67.0 Å². The molecule has 3 aliphatic heterocycles. The van der Waals surface area contributed by atoms with E-state index in [1.807, 2.05) is 6.92 Å². The lowest BCUT2D eigenvalue weighted by molar-refractivity contribution is -0.297. The summed E-state index contributed by atoms with van der Waals surface area (Å²) in [5.41, 5.74) is 1.26. The maximum Gasteiger partial charge on any atom is 0.348 e. The zero-order valence-electron chi connectivity index (χ0n) is 26.3. The van der Waals surface area contributed by atoms with Gasteiger partial charge in [0.2, 0.25) is 0 Å². The summed E-state index contributed by atoms with van der Waals surface area (Å²) in [5.74, 6) is -8.05. The van der Waals surface area contributed by atoms with Crippen molar-refractivity contribution in [1.29, 1.82) is 0 Å². The Morgan fingerprint density at radius 2 is 1.12 bits per heavy atom. The highest BCUT2D eigenvalue weighted by Gasteiger charge is 2.56. The molecule has 2 aliphatic carbocycles. The molecule has 0 aromatic rings. The topological polar surface area (TPSA) is 187 Å². The Balaban J connectivity index is 1.14. The smallest absolute Gasteiger partial charge is 0.348 e. The zero-order chi connectivity index (χ0) is 35.1. The molecule has 0 unspecified atom stereocenters. The Labute approximate surface area is 279 Å². The Kier molecular flexibility index (Phi) is 10.2. The van der Waals surface area contributed by atoms with E-state index in [9.17, 15) is 33.9 Å². The summed E-state index contributed by atoms with van der Waals surface area (Å²) in [5, 5.41) is 10.5. The highest BCUT2D eigenvalue weighted by atomic mass is 16.8. The fraction of sp³-hybridized carbons (Fsp3) is 0.371. The van der Waals surface area contributed by atoms with E-state index in [1.165, 1.54) is 48.5 Å². The fourth-order valence-electron chi connectivity index (χ4n) is 5.72. The van der Waals surface area contributed by atoms with E-state index in [1.54, 1.807) is 18.2 Å². The fourth-order valence-corrected chi connectivity index (χ4v) is 5.72. The molecule has 14 heteroatoms. The molecule has 3 heterocycles. The summed E-state index contributed by atoms with van der Waals surface area (Å²) in [6.45, 7) is 1.81. The van der Waals surface area contributed by atoms with Crippen molar-refractivity contribution in [2.24, 2.45) is 0 Å². The molecule has 0 bridgehead atoms. The maximum absolute atomic E-state index is 12.8. The number of rotatable bonds is 7. The molecular formula is C35H32O14. The van der Waals surface area contributed by atoms with E-state index in [-0.39, 0.29) is 61.3 Å². The summed E-state index contributed by atoms with van der Waals surface area (Å²) < 4.78 is 38.3. The molecule has 2 saturated carbocycles. The van der Waals surface area contributed by atoms with Crippen molar-refractivity contribution in [3.63, 3.8) is 0 Å². The largest absolute Gasteiger partial charge is 0.489 e. The van der Waals surface area contributed by atoms with Gasteiger partial charge in [-0.3, -0.25) is 0 Å². The third-order valence-corrected chi connectivity index (χ3v) is 8.28. The number of ether oxygens (including phenoxy) is 7. The molecule has 3 spiro atoms. The number of carbonyl (C=O) groups is 5. The second-order valence-electron chi connectivity index (χ2n) is 11.5. The third-order valence-electron chi connectivity index (χ3n) is 8.28. The molecule has 256 valence electrons. The Hall–Kier alpha value is -5.84. The molecule has 49 heavy (non-hydrogen) atoms. The van der Waals surface area contributed by atoms with E-state index >= 15 is 0 Å². The van der Waals surface area contributed by atoms with Crippen LogP contribution in [0, 0.1) is 0 Å². The van der Waals surface area contributed by atoms with E-state index < -0.39 is 53.2 Å². The molecule has 0 radical (unpaired) electrons. The maximum atomic E-state index is 12.8. The molecule has 0 aromatic carbocycles. The predicted molar refractivity (Wildman–Crippen MR) is 163 cm³/mol. The van der Waals surface area contributed by atoms with Gasteiger partial charge in [0.1, 0.15) is 23.0 Å². The molecule has 0 amide bonds. The van der Waals surface area contributed by atoms with Gasteiger partial charge in [0.05, 0.1) is 6.10 Å². The van der Waals surface area contributed by atoms with Gasteiger partial charge in [-0.05, 0) is 38.0 Å². The molecule has 5 aliphatic rings. The van der Waals surface area contributed by atoms with Crippen LogP contribution in [-0.4, -0.2) is 64.4 Å². The van der Waals surface area contributed by atoms with Crippen molar-refractivity contribution >= 4 is 35.8 Å². The lowest BCUT2D eigenvalue weighted by Crippen LogP contribution is -2.54. The number of carbonyl (C=O) groups excluding carboxylic acids is 6. The van der Waals surface area contributed by atoms with Crippen LogP contribution in [0.1, 0.15) is 58.3 Å². The van der Waals surface area contributed by atoms with Crippen LogP contribution in [-0.2, 0) is 61.9 Å². The highest BCUT2D eigenvalue weighted by molar-refractivity contribution is 6.16. The second kappa shape index (κ2) is 14.5. The van der Waals surface area contributed by atoms with Crippen molar-refractivity contribution in [2.75, 3.05) is 0 Å². The summed E-state index contributed by atoms with van der Waals surface area (Å²) in [6, 6.07) is 0. The van der Waals surface area contributed by atoms with Gasteiger partial charge in [-0.25, -0.2) is 28.8 Å². The molecule has 1 N–H and O–H groups in total. The summed E-state index contributed by atoms with van der Waals surface area (Å²) in [7, 11) is 0. The standard InChI is InChI=1S/C35H32O14/c1-2-3-4-6-10-24-29(39)46-34(47-30(24)40)17-19-35(20-18-34)48-31(41)26(32(42)49-35)12-8-5-7-11-25-27(37)44-33(45-28(25)38)15-13-23(14-16-33)43-22-9-21-36/h2-8,10-12,22-23,41H,13-20H2,1H3/b3-2+,6-4+,7-5+,12-8+,24-10?,25-11?. The number of hydrogen-bond acceptors (Lipinski definition) is 14. The SMILES string of the molecule is C/C=C/C=C/C=C1C(=O)OC2(CCC3(CC2)OC(=O)C(/C=C/C=C/C=C2C(=O)OC4(CCC(OC=C=C=O)CC4)OC2=O)=C(O)O3)OC1=O. The second-order valence-corrected chi connectivity index (χ2v) is 11.5. The number of hydrogen-bond donors (Lipinski definition) is 1. The van der Waals surface area contributed by atoms with Gasteiger partial charge >= 0.3 is 29.8 Å². The molecule has 5 rings (SSSR count). The van der Waals surface area contributed by atoms with Crippen LogP contribution < -0.4 is 0 Å². The van der Waals surface area contributed by atoms with E-state index in [2.05, 4.69) is 5.73 Å². The minimum atomic E-state index is -1.57. The minimum absolute atomic E-state index is 0.0475. The summed E-state index contributed by atoms with van der Waals surface area (Å²) in [6.07, 6.45) is 16.3. The van der Waals surface area contributed by atoms with Crippen LogP contribution in [0.2, 0.25) is 0 Å². The van der Waals surface area contributed by atoms with Crippen molar-refractivity contribution in [2.45, 2.75) is 81.8 Å². The lowest BCUT2D eigenvalue weighted by atomic mass is 9.87. The lowest BCUT2D eigenvalue weighted by Gasteiger charge is -2.46. The average molecular weight is 677 g/mol. The Morgan fingerprint density at radius 1 is 0.653 bits per heavy atom. The first-order valence-corrected chi connectivity index (χ1v) is 15.5. The normalized spacial score (nSPS) is 30.2. The van der Waals surface area contributed by atoms with Gasteiger partial charge in [-0.1, -0.05) is 42.5 Å². The monoisotopic (exact) mass is 676 g/mol. The molecule has 0 atom stereocenters. The minimum Gasteiger partial charge on any atom is -0.489 e. The number of esters is 5. The highest BCUT2D eigenvalue weighted by Crippen LogP contribution is 2.46. The van der Waals surface area contributed by atoms with Gasteiger partial charge in [0, 0.05) is 44.3 Å². The molecule has 0 aromatic heterocycles. The van der Waals surface area contributed by atoms with Crippen molar-refractivity contribution in [1.82, 2.24) is 0 Å². The van der Waals surface area contributed by atoms with Gasteiger partial charge in [-0.15, -0.1) is 0 Å². The van der Waals surface area contributed by atoms with Gasteiger partial charge in [0.25, 0.3) is 23.3 Å². The van der Waals surface area contributed by atoms with Gasteiger partial charge in [0.15, 0.2) is 5.94 Å². The van der Waals surface area contributed by atoms with Gasteiger partial charge < -0.3 is 38.3 Å². The molecular weight excluding hydrogens is 644 g/mol. The first kappa shape index (κ1) is 34.5. The van der Waals surface area contributed by atoms with Crippen molar-refractivity contribution in [3.05, 3.63) is 95.4 Å². The van der Waals surface area contributed by atoms with E-state index in [0.29, 0.717) is 12.8 Å². The van der Waals surface area contributed by atoms with E-state index in [4.69, 9.17) is 33.2 Å². The third kappa shape index (κ3) is 7.83. The zero-order valence-corrected chi connectivity index (χ0v) is 26.3. The molecule has 4 fully saturated rings.